The van der Waals surface area contributed by atoms with E-state index in [-0.39, 0.29) is 5.56 Å². The van der Waals surface area contributed by atoms with E-state index >= 15 is 0 Å². The molecule has 0 N–H and O–H groups in total. The minimum atomic E-state index is -0.164. The molecule has 0 unspecified atom stereocenters. The molecule has 0 saturated carbocycles. The maximum Gasteiger partial charge on any atom is 0.255 e. The lowest BCUT2D eigenvalue weighted by atomic mass is 10.3. The largest absolute Gasteiger partial charge is 0.282 e. The van der Waals surface area contributed by atoms with Crippen molar-refractivity contribution >= 4 is 11.6 Å². The molecular formula is C12H7ClN2O. The average molecular weight is 231 g/mol. The van der Waals surface area contributed by atoms with Crippen LogP contribution in [0.15, 0.2) is 41.5 Å². The topological polar surface area (TPSA) is 34.9 Å². The maximum atomic E-state index is 11.6. The van der Waals surface area contributed by atoms with Crippen LogP contribution in [0.1, 0.15) is 5.56 Å². The molecule has 0 atom stereocenters. The first-order valence-electron chi connectivity index (χ1n) is 4.52. The summed E-state index contributed by atoms with van der Waals surface area (Å²) in [7, 11) is 0. The van der Waals surface area contributed by atoms with E-state index < -0.39 is 0 Å². The Bertz CT molecular complexity index is 608. The van der Waals surface area contributed by atoms with Crippen LogP contribution in [0.3, 0.4) is 0 Å². The lowest BCUT2D eigenvalue weighted by Gasteiger charge is -2.05. The van der Waals surface area contributed by atoms with Crippen molar-refractivity contribution in [1.29, 1.82) is 0 Å². The second kappa shape index (κ2) is 4.21. The van der Waals surface area contributed by atoms with Crippen molar-refractivity contribution in [3.05, 3.63) is 57.7 Å². The Kier molecular flexibility index (Phi) is 2.76. The van der Waals surface area contributed by atoms with Crippen LogP contribution >= 0.6 is 11.6 Å². The Morgan fingerprint density at radius 2 is 2.12 bits per heavy atom. The summed E-state index contributed by atoms with van der Waals surface area (Å²) in [6, 6.07) is 6.34. The smallest absolute Gasteiger partial charge is 0.255 e. The first-order valence-corrected chi connectivity index (χ1v) is 4.90. The summed E-state index contributed by atoms with van der Waals surface area (Å²) in [6.45, 7) is 0. The minimum Gasteiger partial charge on any atom is -0.282 e. The Morgan fingerprint density at radius 1 is 1.31 bits per heavy atom. The molecule has 0 saturated heterocycles. The molecular weight excluding hydrogens is 224 g/mol. The predicted octanol–water partition coefficient (Wildman–Crippen LogP) is 1.87. The molecule has 2 aromatic heterocycles. The standard InChI is InChI=1S/C12H7ClN2O/c1-2-9-3-6-12(16)15(8-9)10-4-5-11(13)14-7-10/h1,3-8H. The second-order valence-corrected chi connectivity index (χ2v) is 3.50. The quantitative estimate of drug-likeness (QED) is 0.554. The van der Waals surface area contributed by atoms with Gasteiger partial charge in [0.15, 0.2) is 0 Å². The van der Waals surface area contributed by atoms with Gasteiger partial charge in [0.2, 0.25) is 0 Å². The van der Waals surface area contributed by atoms with Crippen molar-refractivity contribution < 1.29 is 0 Å². The Hall–Kier alpha value is -2.05. The molecule has 0 aliphatic rings. The number of halogens is 1. The Balaban J connectivity index is 2.60. The zero-order valence-electron chi connectivity index (χ0n) is 8.22. The van der Waals surface area contributed by atoms with Gasteiger partial charge in [0.25, 0.3) is 5.56 Å². The molecule has 2 heterocycles. The van der Waals surface area contributed by atoms with E-state index in [1.807, 2.05) is 0 Å². The predicted molar refractivity (Wildman–Crippen MR) is 62.8 cm³/mol. The van der Waals surface area contributed by atoms with E-state index in [2.05, 4.69) is 10.9 Å². The van der Waals surface area contributed by atoms with E-state index in [9.17, 15) is 4.79 Å². The molecule has 0 aromatic carbocycles. The molecule has 0 amide bonds. The Labute approximate surface area is 97.3 Å². The molecule has 3 nitrogen and oxygen atoms in total. The van der Waals surface area contributed by atoms with Crippen LogP contribution in [-0.4, -0.2) is 9.55 Å². The number of hydrogen-bond donors (Lipinski definition) is 0. The number of aromatic nitrogens is 2. The molecule has 16 heavy (non-hydrogen) atoms. The fourth-order valence-corrected chi connectivity index (χ4v) is 1.40. The highest BCUT2D eigenvalue weighted by atomic mass is 35.5. The van der Waals surface area contributed by atoms with Gasteiger partial charge in [-0.3, -0.25) is 9.36 Å². The minimum absolute atomic E-state index is 0.164. The third kappa shape index (κ3) is 1.97. The zero-order valence-corrected chi connectivity index (χ0v) is 8.98. The lowest BCUT2D eigenvalue weighted by molar-refractivity contribution is 0.974. The van der Waals surface area contributed by atoms with E-state index in [4.69, 9.17) is 18.0 Å². The van der Waals surface area contributed by atoms with Crippen LogP contribution in [0.25, 0.3) is 5.69 Å². The summed E-state index contributed by atoms with van der Waals surface area (Å²) in [6.07, 6.45) is 8.38. The van der Waals surface area contributed by atoms with Crippen molar-refractivity contribution in [2.75, 3.05) is 0 Å². The van der Waals surface area contributed by atoms with Gasteiger partial charge in [-0.15, -0.1) is 6.42 Å². The monoisotopic (exact) mass is 230 g/mol. The van der Waals surface area contributed by atoms with E-state index in [1.54, 1.807) is 24.4 Å². The Morgan fingerprint density at radius 3 is 2.75 bits per heavy atom. The van der Waals surface area contributed by atoms with Gasteiger partial charge in [0.1, 0.15) is 5.15 Å². The highest BCUT2D eigenvalue weighted by Crippen LogP contribution is 2.08. The van der Waals surface area contributed by atoms with Gasteiger partial charge in [-0.25, -0.2) is 4.98 Å². The second-order valence-electron chi connectivity index (χ2n) is 3.11. The van der Waals surface area contributed by atoms with E-state index in [0.29, 0.717) is 16.4 Å². The van der Waals surface area contributed by atoms with Gasteiger partial charge in [0.05, 0.1) is 11.9 Å². The van der Waals surface area contributed by atoms with Gasteiger partial charge in [-0.1, -0.05) is 17.5 Å². The molecule has 78 valence electrons. The normalized spacial score (nSPS) is 9.75. The number of hydrogen-bond acceptors (Lipinski definition) is 2. The molecule has 2 aromatic rings. The molecule has 0 radical (unpaired) electrons. The zero-order chi connectivity index (χ0) is 11.5. The molecule has 0 aliphatic carbocycles. The van der Waals surface area contributed by atoms with Gasteiger partial charge in [-0.2, -0.15) is 0 Å². The third-order valence-corrected chi connectivity index (χ3v) is 2.29. The summed E-state index contributed by atoms with van der Waals surface area (Å²) in [5.74, 6) is 2.47. The van der Waals surface area contributed by atoms with E-state index in [0.717, 1.165) is 0 Å². The highest BCUT2D eigenvalue weighted by molar-refractivity contribution is 6.29. The summed E-state index contributed by atoms with van der Waals surface area (Å²) < 4.78 is 1.43. The molecule has 0 bridgehead atoms. The average Bonchev–Trinajstić information content (AvgIpc) is 2.31. The summed E-state index contributed by atoms with van der Waals surface area (Å²) in [5.41, 5.74) is 1.10. The molecule has 0 aliphatic heterocycles. The summed E-state index contributed by atoms with van der Waals surface area (Å²) in [5, 5.41) is 0.380. The third-order valence-electron chi connectivity index (χ3n) is 2.07. The number of terminal acetylenes is 1. The van der Waals surface area contributed by atoms with Crippen molar-refractivity contribution in [3.8, 4) is 18.0 Å². The van der Waals surface area contributed by atoms with Gasteiger partial charge >= 0.3 is 0 Å². The number of nitrogens with zero attached hydrogens (tertiary/aromatic N) is 2. The van der Waals surface area contributed by atoms with Crippen LogP contribution < -0.4 is 5.56 Å². The molecule has 0 fully saturated rings. The maximum absolute atomic E-state index is 11.6. The first kappa shape index (κ1) is 10.5. The SMILES string of the molecule is C#Cc1ccc(=O)n(-c2ccc(Cl)nc2)c1. The van der Waals surface area contributed by atoms with Gasteiger partial charge in [-0.05, 0) is 18.2 Å². The fraction of sp³-hybridized carbons (Fsp3) is 0. The van der Waals surface area contributed by atoms with Crippen LogP contribution in [0.5, 0.6) is 0 Å². The van der Waals surface area contributed by atoms with Crippen molar-refractivity contribution in [1.82, 2.24) is 9.55 Å². The fourth-order valence-electron chi connectivity index (χ4n) is 1.28. The van der Waals surface area contributed by atoms with Crippen LogP contribution in [0, 0.1) is 12.3 Å². The van der Waals surface area contributed by atoms with E-state index in [1.165, 1.54) is 16.8 Å². The number of rotatable bonds is 1. The van der Waals surface area contributed by atoms with Gasteiger partial charge < -0.3 is 0 Å². The lowest BCUT2D eigenvalue weighted by Crippen LogP contribution is -2.16. The van der Waals surface area contributed by atoms with Crippen LogP contribution in [-0.2, 0) is 0 Å². The molecule has 4 heteroatoms. The number of pyridine rings is 2. The summed E-state index contributed by atoms with van der Waals surface area (Å²) >= 11 is 5.67. The van der Waals surface area contributed by atoms with Gasteiger partial charge in [0, 0.05) is 17.8 Å². The molecule has 2 rings (SSSR count). The van der Waals surface area contributed by atoms with Crippen LogP contribution in [0.2, 0.25) is 5.15 Å². The first-order chi connectivity index (χ1) is 7.70. The van der Waals surface area contributed by atoms with Crippen molar-refractivity contribution in [2.24, 2.45) is 0 Å². The van der Waals surface area contributed by atoms with Crippen molar-refractivity contribution in [3.63, 3.8) is 0 Å². The molecule has 0 spiro atoms. The van der Waals surface area contributed by atoms with Crippen molar-refractivity contribution in [2.45, 2.75) is 0 Å². The summed E-state index contributed by atoms with van der Waals surface area (Å²) in [4.78, 5) is 15.5. The van der Waals surface area contributed by atoms with Crippen LogP contribution in [0.4, 0.5) is 0 Å². The highest BCUT2D eigenvalue weighted by Gasteiger charge is 2.00.